The molecule has 224 valence electrons. The van der Waals surface area contributed by atoms with Gasteiger partial charge in [0.25, 0.3) is 11.1 Å². The Hall–Kier alpha value is -2.65. The molecule has 0 spiro atoms. The van der Waals surface area contributed by atoms with Crippen molar-refractivity contribution in [3.63, 3.8) is 0 Å². The molecule has 2 aromatic rings. The highest BCUT2D eigenvalue weighted by atomic mass is 35.5. The van der Waals surface area contributed by atoms with Crippen molar-refractivity contribution in [1.82, 2.24) is 5.32 Å². The third kappa shape index (κ3) is 9.99. The van der Waals surface area contributed by atoms with Crippen LogP contribution in [-0.2, 0) is 41.7 Å². The lowest BCUT2D eigenvalue weighted by molar-refractivity contribution is -0.193. The van der Waals surface area contributed by atoms with Crippen molar-refractivity contribution in [2.45, 2.75) is 65.8 Å². The van der Waals surface area contributed by atoms with Gasteiger partial charge in [0.15, 0.2) is 12.2 Å². The summed E-state index contributed by atoms with van der Waals surface area (Å²) in [6.45, 7) is 8.82. The lowest BCUT2D eigenvalue weighted by Gasteiger charge is -2.37. The molecule has 0 aromatic heterocycles. The maximum absolute atomic E-state index is 12.0. The Balaban J connectivity index is 0.000000237. The molecule has 0 aliphatic carbocycles. The molecule has 4 rings (SSSR count). The molecular weight excluding hydrogens is 591 g/mol. The van der Waals surface area contributed by atoms with Crippen LogP contribution in [0.15, 0.2) is 48.5 Å². The Labute approximate surface area is 256 Å². The number of rotatable bonds is 9. The number of hydrogen-bond acceptors (Lipinski definition) is 7. The number of carbonyl (C=O) groups excluding carboxylic acids is 4. The van der Waals surface area contributed by atoms with Gasteiger partial charge < -0.3 is 20.5 Å². The maximum atomic E-state index is 12.0. The highest BCUT2D eigenvalue weighted by molar-refractivity contribution is 6.65. The van der Waals surface area contributed by atoms with Crippen LogP contribution in [0.1, 0.15) is 51.7 Å². The Morgan fingerprint density at radius 1 is 0.805 bits per heavy atom. The number of esters is 2. The Kier molecular flexibility index (Phi) is 14.1. The van der Waals surface area contributed by atoms with Crippen molar-refractivity contribution >= 4 is 57.9 Å². The summed E-state index contributed by atoms with van der Waals surface area (Å²) >= 11 is 16.6. The van der Waals surface area contributed by atoms with Crippen molar-refractivity contribution in [3.05, 3.63) is 69.7 Å². The molecule has 2 aromatic carbocycles. The summed E-state index contributed by atoms with van der Waals surface area (Å²) in [6, 6.07) is 14.8. The van der Waals surface area contributed by atoms with Gasteiger partial charge >= 0.3 is 11.9 Å². The van der Waals surface area contributed by atoms with E-state index in [9.17, 15) is 19.2 Å². The molecule has 2 aliphatic heterocycles. The summed E-state index contributed by atoms with van der Waals surface area (Å²) in [5.41, 5.74) is 7.42. The van der Waals surface area contributed by atoms with Gasteiger partial charge in [-0.15, -0.1) is 0 Å². The molecule has 2 saturated heterocycles. The predicted octanol–water partition coefficient (Wildman–Crippen LogP) is 5.68. The van der Waals surface area contributed by atoms with Crippen molar-refractivity contribution in [1.29, 1.82) is 0 Å². The van der Waals surface area contributed by atoms with Gasteiger partial charge in [0, 0.05) is 23.1 Å². The number of carbonyl (C=O) groups is 4. The minimum absolute atomic E-state index is 0.155. The monoisotopic (exact) mass is 626 g/mol. The highest BCUT2D eigenvalue weighted by Crippen LogP contribution is 2.33. The first-order valence-corrected chi connectivity index (χ1v) is 14.6. The smallest absolute Gasteiger partial charge is 0.314 e. The summed E-state index contributed by atoms with van der Waals surface area (Å²) < 4.78 is 9.59. The number of halogens is 3. The van der Waals surface area contributed by atoms with E-state index in [4.69, 9.17) is 45.3 Å². The van der Waals surface area contributed by atoms with Crippen LogP contribution < -0.4 is 11.1 Å². The second-order valence-electron chi connectivity index (χ2n) is 10.0. The Morgan fingerprint density at radius 3 is 1.61 bits per heavy atom. The van der Waals surface area contributed by atoms with E-state index in [1.807, 2.05) is 64.1 Å². The van der Waals surface area contributed by atoms with Crippen LogP contribution >= 0.6 is 34.8 Å². The topological polar surface area (TPSA) is 125 Å². The van der Waals surface area contributed by atoms with Gasteiger partial charge in [0.1, 0.15) is 11.8 Å². The molecule has 2 heterocycles. The van der Waals surface area contributed by atoms with E-state index < -0.39 is 17.5 Å². The molecule has 41 heavy (non-hydrogen) atoms. The maximum Gasteiger partial charge on any atom is 0.314 e. The van der Waals surface area contributed by atoms with Crippen molar-refractivity contribution in [2.75, 3.05) is 0 Å². The number of benzene rings is 2. The van der Waals surface area contributed by atoms with E-state index in [2.05, 4.69) is 10.1 Å². The van der Waals surface area contributed by atoms with Gasteiger partial charge in [-0.2, -0.15) is 0 Å². The first-order chi connectivity index (χ1) is 19.4. The van der Waals surface area contributed by atoms with Gasteiger partial charge in [-0.05, 0) is 58.8 Å². The van der Waals surface area contributed by atoms with Crippen LogP contribution in [0.5, 0.6) is 0 Å². The molecule has 1 amide bonds. The second-order valence-corrected chi connectivity index (χ2v) is 11.3. The molecule has 11 heteroatoms. The molecule has 6 atom stereocenters. The fraction of sp³-hybridized carbons (Fsp3) is 0.467. The third-order valence-electron chi connectivity index (χ3n) is 7.21. The van der Waals surface area contributed by atoms with Gasteiger partial charge in [0.2, 0.25) is 0 Å². The van der Waals surface area contributed by atoms with Crippen LogP contribution in [0.2, 0.25) is 10.0 Å². The number of nitrogens with one attached hydrogen (secondary N) is 1. The van der Waals surface area contributed by atoms with Gasteiger partial charge in [-0.25, -0.2) is 0 Å². The number of cyclic esters (lactones) is 2. The van der Waals surface area contributed by atoms with E-state index in [1.165, 1.54) is 0 Å². The molecule has 0 radical (unpaired) electrons. The molecule has 0 unspecified atom stereocenters. The highest BCUT2D eigenvalue weighted by Gasteiger charge is 2.50. The lowest BCUT2D eigenvalue weighted by atomic mass is 9.83. The van der Waals surface area contributed by atoms with E-state index >= 15 is 0 Å². The summed E-state index contributed by atoms with van der Waals surface area (Å²) in [5.74, 6) is -1.12. The molecule has 8 nitrogen and oxygen atoms in total. The van der Waals surface area contributed by atoms with Crippen molar-refractivity contribution < 1.29 is 28.7 Å². The van der Waals surface area contributed by atoms with Gasteiger partial charge in [-0.3, -0.25) is 19.2 Å². The number of hydrogen-bond donors (Lipinski definition) is 2. The summed E-state index contributed by atoms with van der Waals surface area (Å²) in [5, 5.41) is 3.63. The average Bonchev–Trinajstić information content (AvgIpc) is 2.94. The molecule has 2 fully saturated rings. The molecule has 2 aliphatic rings. The summed E-state index contributed by atoms with van der Waals surface area (Å²) in [4.78, 5) is 45.1. The largest absolute Gasteiger partial charge is 0.452 e. The predicted molar refractivity (Wildman–Crippen MR) is 159 cm³/mol. The number of ether oxygens (including phenoxy) is 2. The number of nitrogens with two attached hydrogens (primary N) is 1. The van der Waals surface area contributed by atoms with Crippen LogP contribution in [-0.4, -0.2) is 35.3 Å². The zero-order chi connectivity index (χ0) is 30.7. The van der Waals surface area contributed by atoms with Crippen molar-refractivity contribution in [2.24, 2.45) is 29.4 Å². The second kappa shape index (κ2) is 16.7. The van der Waals surface area contributed by atoms with E-state index in [1.54, 1.807) is 12.1 Å². The third-order valence-corrected chi connectivity index (χ3v) is 7.93. The SMILES string of the molecule is CC[C@H](C)[C@@H]1C(=O)O[C@H]1C(=O)Cl.CC[C@H](C)[C@@H]1C(=O)O[C@H]1C(=O)NCc1ccc(Cl)cc1.NCc1ccc(Cl)cc1. The molecule has 3 N–H and O–H groups in total. The van der Waals surface area contributed by atoms with E-state index in [0.29, 0.717) is 18.1 Å². The fourth-order valence-corrected chi connectivity index (χ4v) is 4.57. The van der Waals surface area contributed by atoms with Crippen LogP contribution in [0.3, 0.4) is 0 Å². The summed E-state index contributed by atoms with van der Waals surface area (Å²) in [7, 11) is 0. The zero-order valence-electron chi connectivity index (χ0n) is 23.6. The molecule has 0 saturated carbocycles. The average molecular weight is 628 g/mol. The summed E-state index contributed by atoms with van der Waals surface area (Å²) in [6.07, 6.45) is 0.347. The normalized spacial score (nSPS) is 22.0. The van der Waals surface area contributed by atoms with Gasteiger partial charge in [-0.1, -0.05) is 88.0 Å². The van der Waals surface area contributed by atoms with Crippen molar-refractivity contribution in [3.8, 4) is 0 Å². The molecule has 0 bridgehead atoms. The minimum Gasteiger partial charge on any atom is -0.452 e. The minimum atomic E-state index is -0.700. The first-order valence-electron chi connectivity index (χ1n) is 13.5. The van der Waals surface area contributed by atoms with Crippen LogP contribution in [0.25, 0.3) is 0 Å². The standard InChI is InChI=1S/C15H18ClNO3.C8H11ClO3.C7H8ClN/c1-3-9(2)12-13(20-15(12)19)14(18)17-8-10-4-6-11(16)7-5-10;1-3-4(2)5-6(7(9)10)12-8(5)11;8-7-3-1-6(5-9)2-4-7/h4-7,9,12-13H,3,8H2,1-2H3,(H,17,18);4-6H,3H2,1-2H3;1-4H,5,9H2/t9-,12-,13+;4-,5-,6+;/m00./s1. The van der Waals surface area contributed by atoms with Gasteiger partial charge in [0.05, 0.1) is 0 Å². The van der Waals surface area contributed by atoms with E-state index in [0.717, 1.165) is 29.0 Å². The van der Waals surface area contributed by atoms with Crippen LogP contribution in [0, 0.1) is 23.7 Å². The van der Waals surface area contributed by atoms with Crippen LogP contribution in [0.4, 0.5) is 0 Å². The fourth-order valence-electron chi connectivity index (χ4n) is 4.14. The quantitative estimate of drug-likeness (QED) is 0.271. The Bertz CT molecular complexity index is 1180. The lowest BCUT2D eigenvalue weighted by Crippen LogP contribution is -2.56. The zero-order valence-corrected chi connectivity index (χ0v) is 25.8. The first kappa shape index (κ1) is 34.6. The number of amides is 1. The molecular formula is C30H37Cl3N2O6. The Morgan fingerprint density at radius 2 is 1.22 bits per heavy atom. The van der Waals surface area contributed by atoms with E-state index in [-0.39, 0.29) is 41.5 Å².